The van der Waals surface area contributed by atoms with Gasteiger partial charge in [0.15, 0.2) is 0 Å². The van der Waals surface area contributed by atoms with Crippen molar-refractivity contribution in [1.82, 2.24) is 0 Å². The van der Waals surface area contributed by atoms with Crippen LogP contribution in [0.2, 0.25) is 0 Å². The maximum Gasteiger partial charge on any atom is 0.0991 e. The Morgan fingerprint density at radius 3 is 1.74 bits per heavy atom. The summed E-state index contributed by atoms with van der Waals surface area (Å²) < 4.78 is -0.0172. The van der Waals surface area contributed by atoms with Crippen molar-refractivity contribution in [3.63, 3.8) is 0 Å². The van der Waals surface area contributed by atoms with Gasteiger partial charge in [-0.05, 0) is 28.8 Å². The minimum absolute atomic E-state index is 0.0172. The van der Waals surface area contributed by atoms with Crippen LogP contribution in [0.25, 0.3) is 0 Å². The van der Waals surface area contributed by atoms with Crippen LogP contribution in [0.15, 0.2) is 84.9 Å². The van der Waals surface area contributed by atoms with E-state index in [0.717, 1.165) is 0 Å². The van der Waals surface area contributed by atoms with E-state index in [1.54, 1.807) is 0 Å². The van der Waals surface area contributed by atoms with Crippen molar-refractivity contribution in [2.45, 2.75) is 10.00 Å². The lowest BCUT2D eigenvalue weighted by Gasteiger charge is -2.17. The highest BCUT2D eigenvalue weighted by Crippen LogP contribution is 2.74. The minimum Gasteiger partial charge on any atom is -0.192 e. The van der Waals surface area contributed by atoms with Gasteiger partial charge in [0.1, 0.15) is 0 Å². The molecule has 1 aliphatic heterocycles. The molecule has 0 amide bonds. The topological polar surface area (TPSA) is 23.8 Å². The van der Waals surface area contributed by atoms with Gasteiger partial charge in [-0.25, -0.2) is 0 Å². The standard InChI is InChI=1S/C21H15NS/c22-15-16-11-13-17(14-12-16)20-21(23-20,18-7-3-1-4-8-18)19-9-5-2-6-10-19/h1-14,20H. The van der Waals surface area contributed by atoms with Gasteiger partial charge in [0.25, 0.3) is 0 Å². The summed E-state index contributed by atoms with van der Waals surface area (Å²) in [6.07, 6.45) is 0. The number of benzene rings is 3. The molecule has 110 valence electrons. The normalized spacial score (nSPS) is 18.1. The lowest BCUT2D eigenvalue weighted by molar-refractivity contribution is 0.824. The Labute approximate surface area is 140 Å². The van der Waals surface area contributed by atoms with Gasteiger partial charge >= 0.3 is 0 Å². The maximum atomic E-state index is 8.99. The molecule has 0 aromatic heterocycles. The zero-order valence-electron chi connectivity index (χ0n) is 12.5. The molecule has 3 aromatic rings. The van der Waals surface area contributed by atoms with Gasteiger partial charge in [0, 0.05) is 0 Å². The van der Waals surface area contributed by atoms with Crippen LogP contribution < -0.4 is 0 Å². The molecule has 23 heavy (non-hydrogen) atoms. The molecule has 1 unspecified atom stereocenters. The molecule has 1 fully saturated rings. The van der Waals surface area contributed by atoms with E-state index in [-0.39, 0.29) is 4.75 Å². The minimum atomic E-state index is -0.0172. The smallest absolute Gasteiger partial charge is 0.0991 e. The monoisotopic (exact) mass is 313 g/mol. The third-order valence-electron chi connectivity index (χ3n) is 4.36. The molecule has 0 spiro atoms. The van der Waals surface area contributed by atoms with E-state index in [4.69, 9.17) is 5.26 Å². The largest absolute Gasteiger partial charge is 0.192 e. The Morgan fingerprint density at radius 2 is 1.26 bits per heavy atom. The van der Waals surface area contributed by atoms with Crippen molar-refractivity contribution in [3.05, 3.63) is 107 Å². The Bertz CT molecular complexity index is 808. The Balaban J connectivity index is 1.79. The van der Waals surface area contributed by atoms with Crippen LogP contribution >= 0.6 is 11.8 Å². The van der Waals surface area contributed by atoms with Gasteiger partial charge in [-0.2, -0.15) is 5.26 Å². The molecule has 1 atom stereocenters. The summed E-state index contributed by atoms with van der Waals surface area (Å²) in [5, 5.41) is 9.38. The molecule has 4 rings (SSSR count). The highest BCUT2D eigenvalue weighted by Gasteiger charge is 2.58. The number of nitrogens with zero attached hydrogens (tertiary/aromatic N) is 1. The fourth-order valence-electron chi connectivity index (χ4n) is 3.16. The van der Waals surface area contributed by atoms with Crippen LogP contribution in [0.1, 0.15) is 27.5 Å². The highest BCUT2D eigenvalue weighted by molar-refractivity contribution is 8.07. The second-order valence-electron chi connectivity index (χ2n) is 5.70. The quantitative estimate of drug-likeness (QED) is 0.613. The van der Waals surface area contributed by atoms with Crippen LogP contribution in [0, 0.1) is 11.3 Å². The summed E-state index contributed by atoms with van der Waals surface area (Å²) in [7, 11) is 0. The van der Waals surface area contributed by atoms with Crippen LogP contribution in [0.4, 0.5) is 0 Å². The van der Waals surface area contributed by atoms with Crippen LogP contribution in [0.5, 0.6) is 0 Å². The van der Waals surface area contributed by atoms with E-state index < -0.39 is 0 Å². The van der Waals surface area contributed by atoms with Crippen LogP contribution in [-0.4, -0.2) is 0 Å². The van der Waals surface area contributed by atoms with Crippen molar-refractivity contribution in [2.75, 3.05) is 0 Å². The SMILES string of the molecule is N#Cc1ccc(C2SC2(c2ccccc2)c2ccccc2)cc1. The number of nitriles is 1. The van der Waals surface area contributed by atoms with Crippen molar-refractivity contribution >= 4 is 11.8 Å². The van der Waals surface area contributed by atoms with Crippen LogP contribution in [0.3, 0.4) is 0 Å². The first-order valence-electron chi connectivity index (χ1n) is 7.63. The van der Waals surface area contributed by atoms with E-state index in [9.17, 15) is 0 Å². The molecule has 0 N–H and O–H groups in total. The average Bonchev–Trinajstić information content (AvgIpc) is 3.40. The second-order valence-corrected chi connectivity index (χ2v) is 7.05. The third kappa shape index (κ3) is 2.34. The summed E-state index contributed by atoms with van der Waals surface area (Å²) in [4.78, 5) is 0. The van der Waals surface area contributed by atoms with Gasteiger partial charge < -0.3 is 0 Å². The predicted octanol–water partition coefficient (Wildman–Crippen LogP) is 5.29. The Kier molecular flexibility index (Phi) is 3.44. The van der Waals surface area contributed by atoms with E-state index in [0.29, 0.717) is 10.8 Å². The summed E-state index contributed by atoms with van der Waals surface area (Å²) in [5.41, 5.74) is 4.67. The first-order valence-corrected chi connectivity index (χ1v) is 8.51. The van der Waals surface area contributed by atoms with E-state index in [1.165, 1.54) is 16.7 Å². The molecular weight excluding hydrogens is 298 g/mol. The van der Waals surface area contributed by atoms with Crippen LogP contribution in [-0.2, 0) is 4.75 Å². The number of rotatable bonds is 3. The summed E-state index contributed by atoms with van der Waals surface area (Å²) in [6.45, 7) is 0. The first kappa shape index (κ1) is 14.1. The third-order valence-corrected chi connectivity index (χ3v) is 6.05. The van der Waals surface area contributed by atoms with Crippen molar-refractivity contribution in [2.24, 2.45) is 0 Å². The molecule has 1 aliphatic rings. The number of thioether (sulfide) groups is 1. The molecule has 1 heterocycles. The zero-order valence-corrected chi connectivity index (χ0v) is 13.3. The molecular formula is C21H15NS. The Hall–Kier alpha value is -2.50. The molecule has 1 saturated heterocycles. The summed E-state index contributed by atoms with van der Waals surface area (Å²) in [5.74, 6) is 0. The van der Waals surface area contributed by atoms with E-state index >= 15 is 0 Å². The maximum absolute atomic E-state index is 8.99. The molecule has 0 radical (unpaired) electrons. The molecule has 3 aromatic carbocycles. The first-order chi connectivity index (χ1) is 11.3. The molecule has 2 heteroatoms. The summed E-state index contributed by atoms with van der Waals surface area (Å²) >= 11 is 1.97. The Morgan fingerprint density at radius 1 is 0.739 bits per heavy atom. The fourth-order valence-corrected chi connectivity index (χ4v) is 4.71. The summed E-state index contributed by atoms with van der Waals surface area (Å²) in [6, 6.07) is 31.6. The van der Waals surface area contributed by atoms with E-state index in [1.807, 2.05) is 23.9 Å². The van der Waals surface area contributed by atoms with Gasteiger partial charge in [0.05, 0.1) is 21.6 Å². The van der Waals surface area contributed by atoms with Crippen molar-refractivity contribution < 1.29 is 0 Å². The molecule has 0 aliphatic carbocycles. The second kappa shape index (κ2) is 5.61. The predicted molar refractivity (Wildman–Crippen MR) is 95.2 cm³/mol. The molecule has 0 bridgehead atoms. The molecule has 1 nitrogen and oxygen atoms in total. The fraction of sp³-hybridized carbons (Fsp3) is 0.0952. The lowest BCUT2D eigenvalue weighted by atomic mass is 9.86. The van der Waals surface area contributed by atoms with Crippen molar-refractivity contribution in [1.29, 1.82) is 5.26 Å². The van der Waals surface area contributed by atoms with Crippen molar-refractivity contribution in [3.8, 4) is 6.07 Å². The van der Waals surface area contributed by atoms with E-state index in [2.05, 4.69) is 78.9 Å². The van der Waals surface area contributed by atoms with Gasteiger partial charge in [-0.3, -0.25) is 0 Å². The molecule has 0 saturated carbocycles. The number of hydrogen-bond acceptors (Lipinski definition) is 2. The average molecular weight is 313 g/mol. The lowest BCUT2D eigenvalue weighted by Crippen LogP contribution is -2.11. The van der Waals surface area contributed by atoms with Gasteiger partial charge in [-0.15, -0.1) is 11.8 Å². The van der Waals surface area contributed by atoms with Gasteiger partial charge in [0.2, 0.25) is 0 Å². The zero-order chi connectivity index (χ0) is 15.7. The highest BCUT2D eigenvalue weighted by atomic mass is 32.2. The number of hydrogen-bond donors (Lipinski definition) is 0. The van der Waals surface area contributed by atoms with Gasteiger partial charge in [-0.1, -0.05) is 72.8 Å².